The lowest BCUT2D eigenvalue weighted by molar-refractivity contribution is -0.150. The maximum Gasteiger partial charge on any atom is 0.352 e. The summed E-state index contributed by atoms with van der Waals surface area (Å²) in [6.45, 7) is 6.16. The molecule has 5 heterocycles. The minimum Gasteiger partial charge on any atom is -0.477 e. The SMILES string of the molecule is CON=C(C(=O)NC1C(=O)N2C(C(=O)O)=C(CSc3nnnn3CCCN3CCN(CCO)CC3)CS[C@H]12)c1csc(N)n1. The Kier molecular flexibility index (Phi) is 10.7. The molecular formula is C24H33N11O6S3. The van der Waals surface area contributed by atoms with Gasteiger partial charge in [-0.25, -0.2) is 14.5 Å². The number of thioether (sulfide) groups is 2. The third kappa shape index (κ3) is 7.15. The predicted molar refractivity (Wildman–Crippen MR) is 163 cm³/mol. The first-order valence-electron chi connectivity index (χ1n) is 13.8. The van der Waals surface area contributed by atoms with E-state index in [9.17, 15) is 19.5 Å². The van der Waals surface area contributed by atoms with Crippen LogP contribution in [0.25, 0.3) is 0 Å². The van der Waals surface area contributed by atoms with Crippen LogP contribution in [0, 0.1) is 0 Å². The highest BCUT2D eigenvalue weighted by Crippen LogP contribution is 2.41. The van der Waals surface area contributed by atoms with Crippen LogP contribution in [0.2, 0.25) is 0 Å². The number of β-lactam (4-membered cyclic amide) rings is 1. The number of tetrazole rings is 1. The van der Waals surface area contributed by atoms with Gasteiger partial charge in [-0.1, -0.05) is 16.9 Å². The van der Waals surface area contributed by atoms with Crippen LogP contribution in [0.5, 0.6) is 0 Å². The second-order valence-corrected chi connectivity index (χ2v) is 13.0. The van der Waals surface area contributed by atoms with E-state index < -0.39 is 29.2 Å². The molecule has 2 amide bonds. The first-order chi connectivity index (χ1) is 21.3. The zero-order valence-electron chi connectivity index (χ0n) is 23.9. The van der Waals surface area contributed by atoms with Gasteiger partial charge in [0.25, 0.3) is 11.8 Å². The summed E-state index contributed by atoms with van der Waals surface area (Å²) in [7, 11) is 1.28. The number of aliphatic hydroxyl groups is 1. The van der Waals surface area contributed by atoms with Crippen LogP contribution in [0.4, 0.5) is 5.13 Å². The zero-order chi connectivity index (χ0) is 31.2. The molecule has 5 N–H and O–H groups in total. The minimum atomic E-state index is -1.22. The van der Waals surface area contributed by atoms with Crippen LogP contribution in [-0.4, -0.2) is 150 Å². The van der Waals surface area contributed by atoms with Gasteiger partial charge in [0.05, 0.1) is 6.61 Å². The van der Waals surface area contributed by atoms with Crippen molar-refractivity contribution < 1.29 is 29.4 Å². The smallest absolute Gasteiger partial charge is 0.352 e. The number of carbonyl (C=O) groups is 3. The highest BCUT2D eigenvalue weighted by Gasteiger charge is 2.54. The second kappa shape index (κ2) is 14.7. The van der Waals surface area contributed by atoms with Crippen LogP contribution in [-0.2, 0) is 25.8 Å². The number of hydrogen-bond donors (Lipinski definition) is 4. The number of oxime groups is 1. The minimum absolute atomic E-state index is 0.0887. The Hall–Kier alpha value is -3.30. The number of carboxylic acids is 1. The van der Waals surface area contributed by atoms with Crippen molar-refractivity contribution in [3.63, 3.8) is 0 Å². The van der Waals surface area contributed by atoms with Gasteiger partial charge < -0.3 is 31.0 Å². The molecule has 0 aliphatic carbocycles. The number of nitrogens with one attached hydrogen (secondary N) is 1. The summed E-state index contributed by atoms with van der Waals surface area (Å²) in [5.74, 6) is -1.81. The topological polar surface area (TPSA) is 218 Å². The lowest BCUT2D eigenvalue weighted by atomic mass is 10.0. The van der Waals surface area contributed by atoms with E-state index >= 15 is 0 Å². The van der Waals surface area contributed by atoms with Crippen molar-refractivity contribution >= 4 is 63.5 Å². The first kappa shape index (κ1) is 32.1. The van der Waals surface area contributed by atoms with Crippen LogP contribution >= 0.6 is 34.9 Å². The fourth-order valence-electron chi connectivity index (χ4n) is 5.11. The van der Waals surface area contributed by atoms with Crippen LogP contribution in [0.3, 0.4) is 0 Å². The Morgan fingerprint density at radius 3 is 2.64 bits per heavy atom. The number of carbonyl (C=O) groups excluding carboxylic acids is 2. The summed E-state index contributed by atoms with van der Waals surface area (Å²) in [5.41, 5.74) is 6.22. The summed E-state index contributed by atoms with van der Waals surface area (Å²) in [4.78, 5) is 53.1. The number of aryl methyl sites for hydroxylation is 1. The average Bonchev–Trinajstić information content (AvgIpc) is 3.66. The molecule has 0 bridgehead atoms. The average molecular weight is 668 g/mol. The molecule has 2 atom stereocenters. The summed E-state index contributed by atoms with van der Waals surface area (Å²) in [6, 6.07) is -0.945. The van der Waals surface area contributed by atoms with Crippen molar-refractivity contribution in [1.29, 1.82) is 0 Å². The number of amides is 2. The number of piperazine rings is 1. The zero-order valence-corrected chi connectivity index (χ0v) is 26.3. The number of aliphatic hydroxyl groups excluding tert-OH is 1. The lowest BCUT2D eigenvalue weighted by Crippen LogP contribution is -2.71. The van der Waals surface area contributed by atoms with Gasteiger partial charge in [-0.2, -0.15) is 0 Å². The fraction of sp³-hybridized carbons (Fsp3) is 0.583. The van der Waals surface area contributed by atoms with Crippen molar-refractivity contribution in [3.8, 4) is 0 Å². The van der Waals surface area contributed by atoms with E-state index in [0.29, 0.717) is 29.6 Å². The van der Waals surface area contributed by atoms with Crippen molar-refractivity contribution in [2.75, 3.05) is 70.2 Å². The quantitative estimate of drug-likeness (QED) is 0.0788. The number of nitrogens with zero attached hydrogens (tertiary/aromatic N) is 9. The molecule has 5 rings (SSSR count). The highest BCUT2D eigenvalue weighted by molar-refractivity contribution is 8.01. The molecule has 0 saturated carbocycles. The van der Waals surface area contributed by atoms with E-state index in [-0.39, 0.29) is 34.6 Å². The highest BCUT2D eigenvalue weighted by atomic mass is 32.2. The summed E-state index contributed by atoms with van der Waals surface area (Å²) in [5, 5.41) is 39.3. The van der Waals surface area contributed by atoms with Crippen molar-refractivity contribution in [3.05, 3.63) is 22.3 Å². The molecule has 3 aliphatic rings. The molecule has 2 fully saturated rings. The van der Waals surface area contributed by atoms with Gasteiger partial charge in [-0.05, 0) is 22.4 Å². The van der Waals surface area contributed by atoms with E-state index in [0.717, 1.165) is 50.5 Å². The second-order valence-electron chi connectivity index (χ2n) is 10.0. The van der Waals surface area contributed by atoms with E-state index in [1.54, 1.807) is 10.1 Å². The van der Waals surface area contributed by atoms with Gasteiger partial charge in [0.1, 0.15) is 29.9 Å². The normalized spacial score (nSPS) is 21.3. The Morgan fingerprint density at radius 1 is 1.23 bits per heavy atom. The summed E-state index contributed by atoms with van der Waals surface area (Å²) < 4.78 is 1.71. The molecule has 3 aliphatic heterocycles. The molecule has 0 aromatic carbocycles. The molecule has 2 aromatic heterocycles. The monoisotopic (exact) mass is 667 g/mol. The Labute approximate surface area is 264 Å². The molecule has 238 valence electrons. The summed E-state index contributed by atoms with van der Waals surface area (Å²) in [6.07, 6.45) is 0.848. The van der Waals surface area contributed by atoms with Gasteiger partial charge in [-0.15, -0.1) is 28.2 Å². The fourth-order valence-corrected chi connectivity index (χ4v) is 8.05. The van der Waals surface area contributed by atoms with Crippen LogP contribution in [0.1, 0.15) is 12.1 Å². The molecule has 44 heavy (non-hydrogen) atoms. The molecule has 20 heteroatoms. The predicted octanol–water partition coefficient (Wildman–Crippen LogP) is -1.41. The van der Waals surface area contributed by atoms with E-state index in [4.69, 9.17) is 15.7 Å². The largest absolute Gasteiger partial charge is 0.477 e. The number of nitrogen functional groups attached to an aromatic ring is 1. The number of fused-ring (bicyclic) bond motifs is 1. The van der Waals surface area contributed by atoms with Gasteiger partial charge in [-0.3, -0.25) is 19.4 Å². The third-order valence-electron chi connectivity index (χ3n) is 7.30. The molecule has 1 unspecified atom stereocenters. The first-order valence-corrected chi connectivity index (χ1v) is 16.7. The van der Waals surface area contributed by atoms with Crippen LogP contribution in [0.15, 0.2) is 27.0 Å². The lowest BCUT2D eigenvalue weighted by Gasteiger charge is -2.49. The molecule has 0 radical (unpaired) electrons. The number of anilines is 1. The van der Waals surface area contributed by atoms with Crippen molar-refractivity contribution in [2.45, 2.75) is 29.5 Å². The molecular weight excluding hydrogens is 635 g/mol. The number of hydrogen-bond acceptors (Lipinski definition) is 16. The standard InChI is InChI=1S/C24H33N11O6S3/c1-41-29-16(15-13-43-23(25)26-15)19(37)27-17-20(38)35-18(22(39)40)14(11-42-21(17)35)12-44-24-28-30-31-34(24)4-2-3-32-5-7-33(8-6-32)9-10-36/h13,17,21,36H,2-12H2,1H3,(H2,25,26)(H,27,37)(H,39,40)/t17?,21-/m1/s1. The van der Waals surface area contributed by atoms with Crippen molar-refractivity contribution in [2.24, 2.45) is 5.16 Å². The Balaban J connectivity index is 1.17. The number of rotatable bonds is 14. The molecule has 2 saturated heterocycles. The van der Waals surface area contributed by atoms with E-state index in [2.05, 4.69) is 40.8 Å². The third-order valence-corrected chi connectivity index (χ3v) is 10.4. The van der Waals surface area contributed by atoms with Gasteiger partial charge >= 0.3 is 5.97 Å². The molecule has 17 nitrogen and oxygen atoms in total. The number of β-amino-alcohol motifs (C(OH)–C–C–N with tert-alkyl or cyclic N) is 1. The van der Waals surface area contributed by atoms with Gasteiger partial charge in [0.2, 0.25) is 5.16 Å². The van der Waals surface area contributed by atoms with Crippen LogP contribution < -0.4 is 11.1 Å². The number of thiazole rings is 1. The summed E-state index contributed by atoms with van der Waals surface area (Å²) >= 11 is 3.81. The van der Waals surface area contributed by atoms with E-state index in [1.807, 2.05) is 0 Å². The van der Waals surface area contributed by atoms with Gasteiger partial charge in [0, 0.05) is 62.7 Å². The maximum atomic E-state index is 13.1. The Bertz CT molecular complexity index is 1420. The number of carboxylic acid groups (broad SMARTS) is 1. The Morgan fingerprint density at radius 2 is 1.98 bits per heavy atom. The number of aromatic nitrogens is 5. The molecule has 2 aromatic rings. The molecule has 0 spiro atoms. The van der Waals surface area contributed by atoms with Crippen molar-refractivity contribution in [1.82, 2.24) is 45.2 Å². The maximum absolute atomic E-state index is 13.1. The van der Waals surface area contributed by atoms with E-state index in [1.165, 1.54) is 35.5 Å². The number of aliphatic carboxylic acids is 1. The number of nitrogens with two attached hydrogens (primary N) is 1. The van der Waals surface area contributed by atoms with Gasteiger partial charge in [0.15, 0.2) is 10.8 Å².